The van der Waals surface area contributed by atoms with Crippen LogP contribution in [-0.4, -0.2) is 45.4 Å². The highest BCUT2D eigenvalue weighted by molar-refractivity contribution is 7.89. The van der Waals surface area contributed by atoms with Gasteiger partial charge in [0.05, 0.1) is 24.2 Å². The highest BCUT2D eigenvalue weighted by atomic mass is 32.2. The zero-order chi connectivity index (χ0) is 21.6. The summed E-state index contributed by atoms with van der Waals surface area (Å²) in [6.45, 7) is 8.18. The lowest BCUT2D eigenvalue weighted by Gasteiger charge is -2.20. The van der Waals surface area contributed by atoms with Crippen LogP contribution in [0, 0.1) is 13.8 Å². The first kappa shape index (κ1) is 22.7. The van der Waals surface area contributed by atoms with Gasteiger partial charge in [-0.15, -0.1) is 0 Å². The number of methoxy groups -OCH3 is 1. The number of anilines is 2. The van der Waals surface area contributed by atoms with Gasteiger partial charge < -0.3 is 15.4 Å². The van der Waals surface area contributed by atoms with Crippen molar-refractivity contribution in [1.29, 1.82) is 0 Å². The Kier molecular flexibility index (Phi) is 7.64. The average Bonchev–Trinajstić information content (AvgIpc) is 2.69. The quantitative estimate of drug-likeness (QED) is 0.650. The number of rotatable bonds is 9. The Hall–Kier alpha value is -2.58. The van der Waals surface area contributed by atoms with Crippen molar-refractivity contribution in [3.63, 3.8) is 0 Å². The van der Waals surface area contributed by atoms with Crippen LogP contribution in [0.5, 0.6) is 5.75 Å². The van der Waals surface area contributed by atoms with Gasteiger partial charge in [-0.05, 0) is 43.2 Å². The Bertz CT molecular complexity index is 950. The number of hydrogen-bond donors (Lipinski definition) is 2. The van der Waals surface area contributed by atoms with Gasteiger partial charge in [0.1, 0.15) is 5.75 Å². The van der Waals surface area contributed by atoms with Crippen LogP contribution in [0.25, 0.3) is 0 Å². The van der Waals surface area contributed by atoms with Crippen LogP contribution < -0.4 is 15.4 Å². The number of sulfonamides is 1. The molecule has 0 heterocycles. The third-order valence-electron chi connectivity index (χ3n) is 4.70. The molecule has 0 fully saturated rings. The van der Waals surface area contributed by atoms with Gasteiger partial charge >= 0.3 is 0 Å². The molecule has 0 saturated heterocycles. The van der Waals surface area contributed by atoms with Crippen molar-refractivity contribution in [3.05, 3.63) is 47.5 Å². The van der Waals surface area contributed by atoms with Gasteiger partial charge in [0.15, 0.2) is 0 Å². The molecule has 1 amide bonds. The minimum absolute atomic E-state index is 0.0289. The summed E-state index contributed by atoms with van der Waals surface area (Å²) < 4.78 is 32.3. The van der Waals surface area contributed by atoms with Crippen LogP contribution in [-0.2, 0) is 14.8 Å². The summed E-state index contributed by atoms with van der Waals surface area (Å²) in [5.74, 6) is 0.227. The molecule has 0 atom stereocenters. The standard InChI is InChI=1S/C21H29N3O4S/c1-6-24(7-2)29(26,27)17-11-12-19(28-5)18(13-17)22-14-20(25)23-21-15(3)9-8-10-16(21)4/h8-13,22H,6-7,14H2,1-5H3,(H,23,25). The number of aryl methyl sites for hydroxylation is 2. The van der Waals surface area contributed by atoms with E-state index in [9.17, 15) is 13.2 Å². The Balaban J connectivity index is 2.20. The normalized spacial score (nSPS) is 11.4. The summed E-state index contributed by atoms with van der Waals surface area (Å²) in [6.07, 6.45) is 0. The first-order valence-electron chi connectivity index (χ1n) is 9.52. The summed E-state index contributed by atoms with van der Waals surface area (Å²) in [5, 5.41) is 5.89. The van der Waals surface area contributed by atoms with Crippen molar-refractivity contribution in [1.82, 2.24) is 4.31 Å². The number of benzene rings is 2. The van der Waals surface area contributed by atoms with E-state index in [1.165, 1.54) is 23.5 Å². The maximum atomic E-state index is 12.8. The molecule has 7 nitrogen and oxygen atoms in total. The maximum absolute atomic E-state index is 12.8. The zero-order valence-corrected chi connectivity index (χ0v) is 18.4. The van der Waals surface area contributed by atoms with E-state index in [4.69, 9.17) is 4.74 Å². The third kappa shape index (κ3) is 5.27. The minimum atomic E-state index is -3.61. The van der Waals surface area contributed by atoms with Gasteiger partial charge in [-0.2, -0.15) is 4.31 Å². The second kappa shape index (κ2) is 9.76. The topological polar surface area (TPSA) is 87.7 Å². The van der Waals surface area contributed by atoms with Crippen molar-refractivity contribution in [2.75, 3.05) is 37.4 Å². The Morgan fingerprint density at radius 2 is 1.69 bits per heavy atom. The van der Waals surface area contributed by atoms with Gasteiger partial charge in [0.2, 0.25) is 15.9 Å². The molecule has 2 N–H and O–H groups in total. The van der Waals surface area contributed by atoms with Crippen molar-refractivity contribution < 1.29 is 17.9 Å². The lowest BCUT2D eigenvalue weighted by atomic mass is 10.1. The van der Waals surface area contributed by atoms with E-state index in [-0.39, 0.29) is 17.3 Å². The van der Waals surface area contributed by atoms with E-state index in [2.05, 4.69) is 10.6 Å². The van der Waals surface area contributed by atoms with E-state index >= 15 is 0 Å². The molecular formula is C21H29N3O4S. The molecule has 0 aliphatic carbocycles. The molecule has 8 heteroatoms. The maximum Gasteiger partial charge on any atom is 0.243 e. The molecule has 2 aromatic carbocycles. The SMILES string of the molecule is CCN(CC)S(=O)(=O)c1ccc(OC)c(NCC(=O)Nc2c(C)cccc2C)c1. The van der Waals surface area contributed by atoms with Gasteiger partial charge in [-0.3, -0.25) is 4.79 Å². The Labute approximate surface area is 173 Å². The lowest BCUT2D eigenvalue weighted by Crippen LogP contribution is -2.30. The number of ether oxygens (including phenoxy) is 1. The summed E-state index contributed by atoms with van der Waals surface area (Å²) in [6, 6.07) is 10.4. The first-order valence-corrected chi connectivity index (χ1v) is 11.0. The third-order valence-corrected chi connectivity index (χ3v) is 6.74. The number of amides is 1. The van der Waals surface area contributed by atoms with Crippen molar-refractivity contribution in [2.24, 2.45) is 0 Å². The molecule has 0 aliphatic heterocycles. The monoisotopic (exact) mass is 419 g/mol. The average molecular weight is 420 g/mol. The van der Waals surface area contributed by atoms with Crippen molar-refractivity contribution in [3.8, 4) is 5.75 Å². The molecule has 29 heavy (non-hydrogen) atoms. The van der Waals surface area contributed by atoms with Gasteiger partial charge in [-0.25, -0.2) is 8.42 Å². The van der Waals surface area contributed by atoms with Crippen LogP contribution in [0.3, 0.4) is 0 Å². The van der Waals surface area contributed by atoms with Crippen LogP contribution in [0.15, 0.2) is 41.3 Å². The molecule has 0 radical (unpaired) electrons. The molecule has 0 spiro atoms. The number of para-hydroxylation sites is 1. The Morgan fingerprint density at radius 1 is 1.07 bits per heavy atom. The predicted octanol–water partition coefficient (Wildman–Crippen LogP) is 3.39. The highest BCUT2D eigenvalue weighted by Gasteiger charge is 2.23. The van der Waals surface area contributed by atoms with E-state index < -0.39 is 10.0 Å². The van der Waals surface area contributed by atoms with Crippen molar-refractivity contribution >= 4 is 27.3 Å². The van der Waals surface area contributed by atoms with E-state index in [0.717, 1.165) is 16.8 Å². The van der Waals surface area contributed by atoms with Crippen LogP contribution in [0.1, 0.15) is 25.0 Å². The van der Waals surface area contributed by atoms with Crippen molar-refractivity contribution in [2.45, 2.75) is 32.6 Å². The number of nitrogens with one attached hydrogen (secondary N) is 2. The largest absolute Gasteiger partial charge is 0.495 e. The highest BCUT2D eigenvalue weighted by Crippen LogP contribution is 2.29. The smallest absolute Gasteiger partial charge is 0.243 e. The van der Waals surface area contributed by atoms with E-state index in [0.29, 0.717) is 24.5 Å². The summed E-state index contributed by atoms with van der Waals surface area (Å²) in [7, 11) is -2.11. The number of carbonyl (C=O) groups is 1. The second-order valence-electron chi connectivity index (χ2n) is 6.62. The first-order chi connectivity index (χ1) is 13.7. The fourth-order valence-electron chi connectivity index (χ4n) is 3.07. The molecule has 0 aliphatic rings. The van der Waals surface area contributed by atoms with E-state index in [1.807, 2.05) is 32.0 Å². The fraction of sp³-hybridized carbons (Fsp3) is 0.381. The molecule has 2 rings (SSSR count). The molecular weight excluding hydrogens is 390 g/mol. The molecule has 0 bridgehead atoms. The summed E-state index contributed by atoms with van der Waals surface area (Å²) in [4.78, 5) is 12.6. The minimum Gasteiger partial charge on any atom is -0.495 e. The van der Waals surface area contributed by atoms with Gasteiger partial charge in [0, 0.05) is 18.8 Å². The summed E-state index contributed by atoms with van der Waals surface area (Å²) >= 11 is 0. The number of nitrogens with zero attached hydrogens (tertiary/aromatic N) is 1. The second-order valence-corrected chi connectivity index (χ2v) is 8.56. The molecule has 0 aromatic heterocycles. The van der Waals surface area contributed by atoms with Crippen LogP contribution >= 0.6 is 0 Å². The van der Waals surface area contributed by atoms with Gasteiger partial charge in [-0.1, -0.05) is 32.0 Å². The zero-order valence-electron chi connectivity index (χ0n) is 17.6. The van der Waals surface area contributed by atoms with Gasteiger partial charge in [0.25, 0.3) is 0 Å². The van der Waals surface area contributed by atoms with Crippen LogP contribution in [0.4, 0.5) is 11.4 Å². The lowest BCUT2D eigenvalue weighted by molar-refractivity contribution is -0.114. The fourth-order valence-corrected chi connectivity index (χ4v) is 4.55. The molecule has 0 saturated carbocycles. The Morgan fingerprint density at radius 3 is 2.24 bits per heavy atom. The number of hydrogen-bond acceptors (Lipinski definition) is 5. The van der Waals surface area contributed by atoms with Crippen LogP contribution in [0.2, 0.25) is 0 Å². The molecule has 0 unspecified atom stereocenters. The van der Waals surface area contributed by atoms with E-state index in [1.54, 1.807) is 19.9 Å². The number of carbonyl (C=O) groups excluding carboxylic acids is 1. The summed E-state index contributed by atoms with van der Waals surface area (Å²) in [5.41, 5.74) is 3.17. The predicted molar refractivity (Wildman–Crippen MR) is 116 cm³/mol. The molecule has 2 aromatic rings. The molecule has 158 valence electrons.